The summed E-state index contributed by atoms with van der Waals surface area (Å²) < 4.78 is 1.14. The summed E-state index contributed by atoms with van der Waals surface area (Å²) in [7, 11) is 0. The van der Waals surface area contributed by atoms with Gasteiger partial charge >= 0.3 is 0 Å². The Balaban J connectivity index is 2.46. The number of nitrogens with one attached hydrogen (secondary N) is 1. The quantitative estimate of drug-likeness (QED) is 0.580. The second kappa shape index (κ2) is 2.48. The van der Waals surface area contributed by atoms with Crippen LogP contribution in [0.4, 0.5) is 0 Å². The number of nitrogens with zero attached hydrogens (tertiary/aromatic N) is 1. The molecule has 3 rings (SSSR count). The predicted octanol–water partition coefficient (Wildman–Crippen LogP) is -0.559. The van der Waals surface area contributed by atoms with Crippen LogP contribution < -0.4 is 20.9 Å². The third-order valence-electron chi connectivity index (χ3n) is 2.66. The molecular weight excluding hydrogens is 182 g/mol. The first-order valence-corrected chi connectivity index (χ1v) is 5.36. The van der Waals surface area contributed by atoms with Crippen molar-refractivity contribution in [2.24, 2.45) is 10.7 Å². The van der Waals surface area contributed by atoms with Crippen molar-refractivity contribution in [1.82, 2.24) is 5.32 Å². The Morgan fingerprint density at radius 3 is 3.23 bits per heavy atom. The second-order valence-electron chi connectivity index (χ2n) is 3.44. The minimum Gasteiger partial charge on any atom is -0.385 e. The predicted molar refractivity (Wildman–Crippen MR) is 52.7 cm³/mol. The highest BCUT2D eigenvalue weighted by molar-refractivity contribution is 7.09. The van der Waals surface area contributed by atoms with Gasteiger partial charge in [-0.25, -0.2) is 0 Å². The molecule has 0 radical (unpaired) electrons. The molecule has 0 amide bonds. The molecule has 13 heavy (non-hydrogen) atoms. The zero-order valence-corrected chi connectivity index (χ0v) is 8.08. The van der Waals surface area contributed by atoms with Crippen molar-refractivity contribution < 1.29 is 0 Å². The summed E-state index contributed by atoms with van der Waals surface area (Å²) in [6.07, 6.45) is 3.68. The van der Waals surface area contributed by atoms with Gasteiger partial charge in [0.05, 0.1) is 5.22 Å². The highest BCUT2D eigenvalue weighted by Gasteiger charge is 2.18. The van der Waals surface area contributed by atoms with E-state index in [1.54, 1.807) is 0 Å². The molecule has 3 N–H and O–H groups in total. The van der Waals surface area contributed by atoms with Gasteiger partial charge in [0.2, 0.25) is 0 Å². The second-order valence-corrected chi connectivity index (χ2v) is 4.53. The van der Waals surface area contributed by atoms with E-state index in [1.165, 1.54) is 34.9 Å². The Morgan fingerprint density at radius 1 is 1.38 bits per heavy atom. The summed E-state index contributed by atoms with van der Waals surface area (Å²) in [5.41, 5.74) is 7.37. The molecule has 0 fully saturated rings. The van der Waals surface area contributed by atoms with Crippen LogP contribution in [-0.2, 0) is 12.8 Å². The van der Waals surface area contributed by atoms with Crippen LogP contribution in [0.1, 0.15) is 16.9 Å². The van der Waals surface area contributed by atoms with Crippen LogP contribution in [0, 0.1) is 0 Å². The van der Waals surface area contributed by atoms with Gasteiger partial charge < -0.3 is 11.1 Å². The van der Waals surface area contributed by atoms with E-state index in [2.05, 4.69) is 10.3 Å². The number of rotatable bonds is 0. The lowest BCUT2D eigenvalue weighted by molar-refractivity contribution is 0.832. The van der Waals surface area contributed by atoms with Crippen molar-refractivity contribution in [3.8, 4) is 0 Å². The molecular formula is C9H11N3S. The molecule has 1 aromatic rings. The van der Waals surface area contributed by atoms with Crippen LogP contribution >= 0.6 is 11.3 Å². The molecule has 1 aromatic heterocycles. The van der Waals surface area contributed by atoms with Crippen molar-refractivity contribution in [2.45, 2.75) is 19.3 Å². The Hall–Kier alpha value is -1.03. The van der Waals surface area contributed by atoms with Crippen molar-refractivity contribution >= 4 is 17.2 Å². The number of hydrogen-bond donors (Lipinski definition) is 2. The summed E-state index contributed by atoms with van der Waals surface area (Å²) in [6, 6.07) is 0. The molecule has 0 saturated heterocycles. The van der Waals surface area contributed by atoms with E-state index < -0.39 is 0 Å². The highest BCUT2D eigenvalue weighted by atomic mass is 32.1. The van der Waals surface area contributed by atoms with Gasteiger partial charge in [-0.15, -0.1) is 11.3 Å². The molecule has 0 atom stereocenters. The van der Waals surface area contributed by atoms with Crippen molar-refractivity contribution in [1.29, 1.82) is 0 Å². The number of hydrogen-bond acceptors (Lipinski definition) is 4. The molecule has 68 valence electrons. The first-order chi connectivity index (χ1) is 6.36. The average Bonchev–Trinajstić information content (AvgIpc) is 2.62. The van der Waals surface area contributed by atoms with Gasteiger partial charge in [-0.3, -0.25) is 4.99 Å². The third-order valence-corrected chi connectivity index (χ3v) is 3.89. The smallest absolute Gasteiger partial charge is 0.124 e. The molecule has 2 aliphatic rings. The van der Waals surface area contributed by atoms with Gasteiger partial charge in [-0.2, -0.15) is 0 Å². The van der Waals surface area contributed by atoms with Crippen molar-refractivity contribution in [3.05, 3.63) is 20.3 Å². The first kappa shape index (κ1) is 7.38. The molecule has 0 aromatic carbocycles. The zero-order chi connectivity index (χ0) is 8.84. The van der Waals surface area contributed by atoms with Gasteiger partial charge in [-0.05, 0) is 24.8 Å². The standard InChI is InChI=1S/C9H11N3S/c10-8-7-5-2-1-3-6(5)13-9(7)12-4-11-8/h11H,1-4,10H2. The van der Waals surface area contributed by atoms with E-state index in [-0.39, 0.29) is 0 Å². The Bertz CT molecular complexity index is 472. The van der Waals surface area contributed by atoms with Crippen molar-refractivity contribution in [3.63, 3.8) is 0 Å². The number of aryl methyl sites for hydroxylation is 1. The van der Waals surface area contributed by atoms with Gasteiger partial charge in [0, 0.05) is 4.88 Å². The van der Waals surface area contributed by atoms with Gasteiger partial charge in [0.1, 0.15) is 17.2 Å². The maximum absolute atomic E-state index is 5.92. The van der Waals surface area contributed by atoms with E-state index in [1.807, 2.05) is 11.3 Å². The summed E-state index contributed by atoms with van der Waals surface area (Å²) in [5.74, 6) is 0.824. The number of thiophene rings is 1. The van der Waals surface area contributed by atoms with E-state index in [0.717, 1.165) is 10.5 Å². The molecule has 2 heterocycles. The first-order valence-electron chi connectivity index (χ1n) is 4.55. The largest absolute Gasteiger partial charge is 0.385 e. The maximum Gasteiger partial charge on any atom is 0.124 e. The summed E-state index contributed by atoms with van der Waals surface area (Å²) >= 11 is 1.82. The van der Waals surface area contributed by atoms with Gasteiger partial charge in [-0.1, -0.05) is 0 Å². The van der Waals surface area contributed by atoms with E-state index in [9.17, 15) is 0 Å². The minimum atomic E-state index is 0.637. The van der Waals surface area contributed by atoms with Crippen LogP contribution in [0.5, 0.6) is 0 Å². The van der Waals surface area contributed by atoms with Crippen LogP contribution in [0.3, 0.4) is 0 Å². The molecule has 1 aliphatic heterocycles. The van der Waals surface area contributed by atoms with Crippen LogP contribution in [0.25, 0.3) is 5.82 Å². The number of nitrogens with two attached hydrogens (primary N) is 1. The fourth-order valence-electron chi connectivity index (χ4n) is 2.06. The zero-order valence-electron chi connectivity index (χ0n) is 7.26. The molecule has 4 heteroatoms. The van der Waals surface area contributed by atoms with Crippen LogP contribution in [0.2, 0.25) is 0 Å². The van der Waals surface area contributed by atoms with Gasteiger partial charge in [0.25, 0.3) is 0 Å². The van der Waals surface area contributed by atoms with E-state index in [4.69, 9.17) is 5.73 Å². The fraction of sp³-hybridized carbons (Fsp3) is 0.444. The Labute approximate surface area is 80.0 Å². The minimum absolute atomic E-state index is 0.637. The van der Waals surface area contributed by atoms with Gasteiger partial charge in [0.15, 0.2) is 0 Å². The lowest BCUT2D eigenvalue weighted by atomic mass is 10.2. The fourth-order valence-corrected chi connectivity index (χ4v) is 3.34. The normalized spacial score (nSPS) is 18.9. The molecule has 0 spiro atoms. The summed E-state index contributed by atoms with van der Waals surface area (Å²) in [4.78, 5) is 5.91. The lowest BCUT2D eigenvalue weighted by Gasteiger charge is -2.06. The average molecular weight is 193 g/mol. The molecule has 0 saturated carbocycles. The Morgan fingerprint density at radius 2 is 2.31 bits per heavy atom. The highest BCUT2D eigenvalue weighted by Crippen LogP contribution is 2.21. The van der Waals surface area contributed by atoms with Crippen LogP contribution in [0.15, 0.2) is 4.99 Å². The molecule has 1 aliphatic carbocycles. The van der Waals surface area contributed by atoms with E-state index in [0.29, 0.717) is 6.67 Å². The third kappa shape index (κ3) is 0.920. The summed E-state index contributed by atoms with van der Waals surface area (Å²) in [5, 5.41) is 4.29. The van der Waals surface area contributed by atoms with Crippen LogP contribution in [-0.4, -0.2) is 6.67 Å². The monoisotopic (exact) mass is 193 g/mol. The molecule has 0 unspecified atom stereocenters. The lowest BCUT2D eigenvalue weighted by Crippen LogP contribution is -2.39. The SMILES string of the molecule is NC1=c2c3c(sc2=NCN1)CCC3. The molecule has 3 nitrogen and oxygen atoms in total. The topological polar surface area (TPSA) is 50.4 Å². The molecule has 0 bridgehead atoms. The maximum atomic E-state index is 5.92. The Kier molecular flexibility index (Phi) is 1.41. The number of fused-ring (bicyclic) bond motifs is 3. The summed E-state index contributed by atoms with van der Waals surface area (Å²) in [6.45, 7) is 0.637. The van der Waals surface area contributed by atoms with Crippen molar-refractivity contribution in [2.75, 3.05) is 6.67 Å². The van der Waals surface area contributed by atoms with E-state index >= 15 is 0 Å².